The lowest BCUT2D eigenvalue weighted by Crippen LogP contribution is -2.39. The van der Waals surface area contributed by atoms with Crippen molar-refractivity contribution < 1.29 is 27.0 Å². The van der Waals surface area contributed by atoms with E-state index in [1.54, 1.807) is 30.5 Å². The number of allylic oxidation sites excluding steroid dienone is 3. The summed E-state index contributed by atoms with van der Waals surface area (Å²) in [4.78, 5) is 11.1. The van der Waals surface area contributed by atoms with E-state index in [-0.39, 0.29) is 23.2 Å². The van der Waals surface area contributed by atoms with Gasteiger partial charge in [-0.2, -0.15) is 8.78 Å². The lowest BCUT2D eigenvalue weighted by Gasteiger charge is -2.27. The van der Waals surface area contributed by atoms with Crippen molar-refractivity contribution in [2.24, 2.45) is 4.99 Å². The van der Waals surface area contributed by atoms with E-state index in [1.807, 2.05) is 33.7 Å². The zero-order valence-electron chi connectivity index (χ0n) is 20.2. The number of hydrogen-bond acceptors (Lipinski definition) is 7. The first-order valence-electron chi connectivity index (χ1n) is 12.2. The predicted molar refractivity (Wildman–Crippen MR) is 138 cm³/mol. The van der Waals surface area contributed by atoms with Gasteiger partial charge in [-0.25, -0.2) is 18.4 Å². The number of halogens is 2. The Bertz CT molecular complexity index is 1640. The highest BCUT2D eigenvalue weighted by Gasteiger charge is 2.37. The number of rotatable bonds is 5. The molecule has 0 unspecified atom stereocenters. The van der Waals surface area contributed by atoms with Crippen molar-refractivity contribution in [3.05, 3.63) is 88.8 Å². The molecule has 3 aliphatic rings. The quantitative estimate of drug-likeness (QED) is 0.498. The molecule has 2 aromatic heterocycles. The van der Waals surface area contributed by atoms with E-state index in [9.17, 15) is 22.3 Å². The largest absolute Gasteiger partial charge is 0.435 e. The van der Waals surface area contributed by atoms with Crippen molar-refractivity contribution in [3.63, 3.8) is 0 Å². The van der Waals surface area contributed by atoms with Gasteiger partial charge in [0.15, 0.2) is 15.7 Å². The fraction of sp³-hybridized carbons (Fsp3) is 0.296. The van der Waals surface area contributed by atoms with Crippen LogP contribution in [0.1, 0.15) is 41.0 Å². The first-order chi connectivity index (χ1) is 18.3. The highest BCUT2D eigenvalue weighted by Crippen LogP contribution is 2.46. The predicted octanol–water partition coefficient (Wildman–Crippen LogP) is 3.70. The minimum atomic E-state index is -3.00. The summed E-state index contributed by atoms with van der Waals surface area (Å²) in [5.74, 6) is 0.450. The van der Waals surface area contributed by atoms with Crippen LogP contribution < -0.4 is 4.74 Å². The summed E-state index contributed by atoms with van der Waals surface area (Å²) < 4.78 is 56.4. The number of aliphatic hydroxyl groups excluding tert-OH is 1. The van der Waals surface area contributed by atoms with Crippen LogP contribution in [-0.2, 0) is 9.84 Å². The van der Waals surface area contributed by atoms with E-state index in [4.69, 9.17) is 4.74 Å². The molecule has 2 aliphatic heterocycles. The normalized spacial score (nSPS) is 22.4. The average molecular weight is 539 g/mol. The summed E-state index contributed by atoms with van der Waals surface area (Å²) in [7, 11) is -3.00. The van der Waals surface area contributed by atoms with Crippen LogP contribution in [0.5, 0.6) is 5.75 Å². The maximum absolute atomic E-state index is 13.1. The van der Waals surface area contributed by atoms with Gasteiger partial charge in [0.05, 0.1) is 29.0 Å². The van der Waals surface area contributed by atoms with E-state index in [1.165, 1.54) is 6.07 Å². The number of benzene rings is 1. The van der Waals surface area contributed by atoms with Crippen LogP contribution in [-0.4, -0.2) is 65.2 Å². The summed E-state index contributed by atoms with van der Waals surface area (Å²) in [6, 6.07) is 10.4. The summed E-state index contributed by atoms with van der Waals surface area (Å²) in [6.07, 6.45) is 6.71. The monoisotopic (exact) mass is 538 g/mol. The Balaban J connectivity index is 1.33. The van der Waals surface area contributed by atoms with Crippen molar-refractivity contribution in [2.75, 3.05) is 24.6 Å². The topological polar surface area (TPSA) is 96.5 Å². The Hall–Kier alpha value is -3.79. The van der Waals surface area contributed by atoms with Crippen molar-refractivity contribution in [2.45, 2.75) is 25.1 Å². The maximum Gasteiger partial charge on any atom is 0.387 e. The van der Waals surface area contributed by atoms with Crippen LogP contribution in [0.25, 0.3) is 11.2 Å². The molecule has 11 heteroatoms. The molecule has 1 N–H and O–H groups in total. The Morgan fingerprint density at radius 3 is 2.71 bits per heavy atom. The third-order valence-corrected chi connectivity index (χ3v) is 8.69. The van der Waals surface area contributed by atoms with Crippen molar-refractivity contribution >= 4 is 27.3 Å². The number of aliphatic imine (C=N–C) groups is 1. The Labute approximate surface area is 217 Å². The minimum absolute atomic E-state index is 0.0755. The Morgan fingerprint density at radius 1 is 1.13 bits per heavy atom. The zero-order valence-corrected chi connectivity index (χ0v) is 21.0. The average Bonchev–Trinajstić information content (AvgIpc) is 3.30. The highest BCUT2D eigenvalue weighted by atomic mass is 32.2. The lowest BCUT2D eigenvalue weighted by atomic mass is 9.95. The fourth-order valence-electron chi connectivity index (χ4n) is 5.22. The molecule has 4 heterocycles. The van der Waals surface area contributed by atoms with Gasteiger partial charge in [-0.05, 0) is 36.8 Å². The summed E-state index contributed by atoms with van der Waals surface area (Å²) in [5.41, 5.74) is 7.21. The number of para-hydroxylation sites is 1. The number of pyridine rings is 1. The molecule has 0 bridgehead atoms. The minimum Gasteiger partial charge on any atom is -0.435 e. The number of ether oxygens (including phenoxy) is 1. The van der Waals surface area contributed by atoms with Gasteiger partial charge in [-0.15, -0.1) is 0 Å². The van der Waals surface area contributed by atoms with Crippen molar-refractivity contribution in [1.29, 1.82) is 0 Å². The molecule has 0 amide bonds. The van der Waals surface area contributed by atoms with Crippen LogP contribution in [0.2, 0.25) is 0 Å². The second kappa shape index (κ2) is 9.50. The van der Waals surface area contributed by atoms with E-state index in [0.29, 0.717) is 42.2 Å². The molecule has 0 spiro atoms. The van der Waals surface area contributed by atoms with Gasteiger partial charge in [0.2, 0.25) is 0 Å². The van der Waals surface area contributed by atoms with Gasteiger partial charge in [0.1, 0.15) is 11.4 Å². The van der Waals surface area contributed by atoms with Crippen LogP contribution in [0, 0.1) is 0 Å². The third-order valence-electron chi connectivity index (χ3n) is 7.08. The smallest absolute Gasteiger partial charge is 0.387 e. The van der Waals surface area contributed by atoms with Gasteiger partial charge in [-0.3, -0.25) is 0 Å². The highest BCUT2D eigenvalue weighted by molar-refractivity contribution is 7.91. The number of imidazole rings is 1. The molecule has 1 aromatic carbocycles. The zero-order chi connectivity index (χ0) is 26.4. The third kappa shape index (κ3) is 4.53. The first-order valence-corrected chi connectivity index (χ1v) is 14.0. The molecule has 3 aromatic rings. The fourth-order valence-corrected chi connectivity index (χ4v) is 6.42. The molecule has 1 aliphatic carbocycles. The Kier molecular flexibility index (Phi) is 6.14. The number of hydrogen-bond donors (Lipinski definition) is 1. The standard InChI is InChI=1S/C27H24F2N4O4S/c28-27(29)37-22-6-2-1-5-19(22)20-14-21(34)25-26(20)33-16-18(8-9-24(33)31-25)17-4-3-7-23(30-15-17)32-10-12-38(35,36)13-11-32/h1-6,8-9,15-16,20-21,27,34H,10-14H2/t20-,21-/m0/s1. The van der Waals surface area contributed by atoms with Crippen LogP contribution in [0.4, 0.5) is 8.78 Å². The Morgan fingerprint density at radius 2 is 1.92 bits per heavy atom. The molecule has 0 saturated carbocycles. The summed E-state index contributed by atoms with van der Waals surface area (Å²) in [5, 5.41) is 10.8. The number of alkyl halides is 2. The van der Waals surface area contributed by atoms with Gasteiger partial charge in [-0.1, -0.05) is 23.9 Å². The molecule has 196 valence electrons. The first kappa shape index (κ1) is 24.5. The van der Waals surface area contributed by atoms with Crippen LogP contribution in [0.15, 0.2) is 71.3 Å². The van der Waals surface area contributed by atoms with Gasteiger partial charge in [0, 0.05) is 48.1 Å². The summed E-state index contributed by atoms with van der Waals surface area (Å²) in [6.45, 7) is -2.21. The molecule has 6 rings (SSSR count). The second-order valence-corrected chi connectivity index (χ2v) is 11.7. The molecular formula is C27H24F2N4O4S. The molecule has 38 heavy (non-hydrogen) atoms. The molecule has 8 nitrogen and oxygen atoms in total. The number of aromatic nitrogens is 2. The van der Waals surface area contributed by atoms with E-state index in [2.05, 4.69) is 15.7 Å². The van der Waals surface area contributed by atoms with Gasteiger partial charge < -0.3 is 19.1 Å². The number of sulfone groups is 1. The van der Waals surface area contributed by atoms with E-state index >= 15 is 0 Å². The maximum atomic E-state index is 13.1. The molecule has 1 fully saturated rings. The molecule has 0 radical (unpaired) electrons. The van der Waals surface area contributed by atoms with Crippen LogP contribution in [0.3, 0.4) is 0 Å². The SMILES string of the molecule is O=S1(=O)CCN(C2=C=CC=C(c3ccc4nc5c(n4c3)[C@H](c3ccccc3OC(F)F)C[C@@H]5O)C=N2)CC1. The van der Waals surface area contributed by atoms with Crippen molar-refractivity contribution in [1.82, 2.24) is 14.3 Å². The number of aliphatic hydroxyl groups is 1. The molecule has 1 saturated heterocycles. The lowest BCUT2D eigenvalue weighted by molar-refractivity contribution is -0.0506. The number of nitrogens with zero attached hydrogens (tertiary/aromatic N) is 4. The van der Waals surface area contributed by atoms with Gasteiger partial charge >= 0.3 is 6.61 Å². The van der Waals surface area contributed by atoms with E-state index < -0.39 is 22.6 Å². The number of fused-ring (bicyclic) bond motifs is 3. The molecular weight excluding hydrogens is 514 g/mol. The van der Waals surface area contributed by atoms with E-state index in [0.717, 1.165) is 16.8 Å². The summed E-state index contributed by atoms with van der Waals surface area (Å²) >= 11 is 0. The molecule has 2 atom stereocenters. The van der Waals surface area contributed by atoms with Crippen LogP contribution >= 0.6 is 0 Å². The van der Waals surface area contributed by atoms with Gasteiger partial charge in [0.25, 0.3) is 0 Å². The van der Waals surface area contributed by atoms with Crippen molar-refractivity contribution in [3.8, 4) is 5.75 Å². The second-order valence-electron chi connectivity index (χ2n) is 9.40.